The van der Waals surface area contributed by atoms with Crippen LogP contribution in [0.25, 0.3) is 0 Å². The van der Waals surface area contributed by atoms with E-state index < -0.39 is 0 Å². The van der Waals surface area contributed by atoms with E-state index in [0.717, 1.165) is 22.8 Å². The summed E-state index contributed by atoms with van der Waals surface area (Å²) in [5.74, 6) is 0. The van der Waals surface area contributed by atoms with E-state index in [4.69, 9.17) is 23.2 Å². The van der Waals surface area contributed by atoms with Crippen LogP contribution in [0.3, 0.4) is 0 Å². The van der Waals surface area contributed by atoms with E-state index in [-0.39, 0.29) is 0 Å². The quantitative estimate of drug-likeness (QED) is 0.842. The molecule has 6 heteroatoms. The molecule has 0 radical (unpaired) electrons. The Labute approximate surface area is 110 Å². The number of hydrogen-bond donors (Lipinski definition) is 0. The van der Waals surface area contributed by atoms with Gasteiger partial charge in [-0.2, -0.15) is 10.2 Å². The largest absolute Gasteiger partial charge is 0.246 e. The van der Waals surface area contributed by atoms with Crippen LogP contribution in [0.5, 0.6) is 0 Å². The molecule has 2 rings (SSSR count). The van der Waals surface area contributed by atoms with Gasteiger partial charge in [0.05, 0.1) is 32.8 Å². The Morgan fingerprint density at radius 1 is 0.824 bits per heavy atom. The average molecular weight is 273 g/mol. The number of aromatic nitrogens is 4. The standard InChI is InChI=1S/C11H14Cl2N4/c1-6-10(12)8(3)16(14-6)5-17-9(4)11(13)7(2)15-17/h5H2,1-4H3. The maximum Gasteiger partial charge on any atom is 0.133 e. The van der Waals surface area contributed by atoms with E-state index in [2.05, 4.69) is 10.2 Å². The summed E-state index contributed by atoms with van der Waals surface area (Å²) in [6.07, 6.45) is 0. The van der Waals surface area contributed by atoms with E-state index in [0.29, 0.717) is 16.7 Å². The lowest BCUT2D eigenvalue weighted by Gasteiger charge is -2.06. The highest BCUT2D eigenvalue weighted by molar-refractivity contribution is 6.32. The lowest BCUT2D eigenvalue weighted by atomic mass is 10.4. The van der Waals surface area contributed by atoms with Gasteiger partial charge in [0, 0.05) is 0 Å². The summed E-state index contributed by atoms with van der Waals surface area (Å²) >= 11 is 12.2. The zero-order valence-corrected chi connectivity index (χ0v) is 11.8. The molecule has 0 bridgehead atoms. The Kier molecular flexibility index (Phi) is 3.19. The van der Waals surface area contributed by atoms with Gasteiger partial charge < -0.3 is 0 Å². The molecular weight excluding hydrogens is 259 g/mol. The van der Waals surface area contributed by atoms with Crippen molar-refractivity contribution >= 4 is 23.2 Å². The molecule has 0 aliphatic heterocycles. The summed E-state index contributed by atoms with van der Waals surface area (Å²) in [6.45, 7) is 8.18. The predicted molar refractivity (Wildman–Crippen MR) is 68.8 cm³/mol. The predicted octanol–water partition coefficient (Wildman–Crippen LogP) is 3.13. The number of nitrogens with zero attached hydrogens (tertiary/aromatic N) is 4. The lowest BCUT2D eigenvalue weighted by Crippen LogP contribution is -2.13. The summed E-state index contributed by atoms with van der Waals surface area (Å²) in [5.41, 5.74) is 3.54. The molecule has 2 heterocycles. The first-order chi connectivity index (χ1) is 7.91. The molecule has 0 aromatic carbocycles. The van der Waals surface area contributed by atoms with Crippen LogP contribution in [0.2, 0.25) is 10.0 Å². The van der Waals surface area contributed by atoms with Gasteiger partial charge in [-0.05, 0) is 27.7 Å². The van der Waals surface area contributed by atoms with Crippen LogP contribution in [0, 0.1) is 27.7 Å². The molecule has 0 aliphatic rings. The Morgan fingerprint density at radius 3 is 1.41 bits per heavy atom. The van der Waals surface area contributed by atoms with E-state index >= 15 is 0 Å². The second kappa shape index (κ2) is 4.35. The molecule has 92 valence electrons. The van der Waals surface area contributed by atoms with Gasteiger partial charge in [-0.3, -0.25) is 0 Å². The van der Waals surface area contributed by atoms with Crippen molar-refractivity contribution in [2.24, 2.45) is 0 Å². The van der Waals surface area contributed by atoms with Crippen molar-refractivity contribution in [2.75, 3.05) is 0 Å². The highest BCUT2D eigenvalue weighted by atomic mass is 35.5. The van der Waals surface area contributed by atoms with Gasteiger partial charge in [-0.15, -0.1) is 0 Å². The summed E-state index contributed by atoms with van der Waals surface area (Å²) in [7, 11) is 0. The maximum absolute atomic E-state index is 6.10. The fourth-order valence-electron chi connectivity index (χ4n) is 1.75. The molecule has 4 nitrogen and oxygen atoms in total. The van der Waals surface area contributed by atoms with Crippen molar-refractivity contribution in [3.63, 3.8) is 0 Å². The van der Waals surface area contributed by atoms with Gasteiger partial charge in [0.1, 0.15) is 6.67 Å². The molecule has 0 unspecified atom stereocenters. The summed E-state index contributed by atoms with van der Waals surface area (Å²) in [5, 5.41) is 10.1. The van der Waals surface area contributed by atoms with Crippen molar-refractivity contribution in [3.8, 4) is 0 Å². The lowest BCUT2D eigenvalue weighted by molar-refractivity contribution is 0.481. The maximum atomic E-state index is 6.10. The van der Waals surface area contributed by atoms with Crippen molar-refractivity contribution in [1.82, 2.24) is 19.6 Å². The monoisotopic (exact) mass is 272 g/mol. The summed E-state index contributed by atoms with van der Waals surface area (Å²) < 4.78 is 3.65. The topological polar surface area (TPSA) is 35.6 Å². The molecule has 0 saturated heterocycles. The Bertz CT molecular complexity index is 518. The summed E-state index contributed by atoms with van der Waals surface area (Å²) in [4.78, 5) is 0. The molecule has 0 atom stereocenters. The number of hydrogen-bond acceptors (Lipinski definition) is 2. The smallest absolute Gasteiger partial charge is 0.133 e. The molecule has 0 spiro atoms. The van der Waals surface area contributed by atoms with Crippen LogP contribution < -0.4 is 0 Å². The van der Waals surface area contributed by atoms with Crippen molar-refractivity contribution in [3.05, 3.63) is 32.8 Å². The van der Waals surface area contributed by atoms with E-state index in [1.807, 2.05) is 37.1 Å². The van der Waals surface area contributed by atoms with Gasteiger partial charge in [-0.1, -0.05) is 23.2 Å². The average Bonchev–Trinajstić information content (AvgIpc) is 2.66. The molecule has 0 N–H and O–H groups in total. The second-order valence-electron chi connectivity index (χ2n) is 4.11. The second-order valence-corrected chi connectivity index (χ2v) is 4.87. The first-order valence-corrected chi connectivity index (χ1v) is 6.06. The fraction of sp³-hybridized carbons (Fsp3) is 0.455. The number of rotatable bonds is 2. The summed E-state index contributed by atoms with van der Waals surface area (Å²) in [6, 6.07) is 0. The van der Waals surface area contributed by atoms with Crippen molar-refractivity contribution < 1.29 is 0 Å². The highest BCUT2D eigenvalue weighted by Gasteiger charge is 2.13. The van der Waals surface area contributed by atoms with Crippen molar-refractivity contribution in [2.45, 2.75) is 34.4 Å². The Morgan fingerprint density at radius 2 is 1.18 bits per heavy atom. The highest BCUT2D eigenvalue weighted by Crippen LogP contribution is 2.21. The molecule has 2 aromatic heterocycles. The molecule has 0 saturated carbocycles. The van der Waals surface area contributed by atoms with Gasteiger partial charge in [0.15, 0.2) is 0 Å². The molecular formula is C11H14Cl2N4. The molecule has 2 aromatic rings. The minimum atomic E-state index is 0.527. The third-order valence-corrected chi connectivity index (χ3v) is 3.95. The zero-order valence-electron chi connectivity index (χ0n) is 10.3. The van der Waals surface area contributed by atoms with E-state index in [1.54, 1.807) is 0 Å². The zero-order chi connectivity index (χ0) is 12.7. The van der Waals surface area contributed by atoms with Crippen molar-refractivity contribution in [1.29, 1.82) is 0 Å². The Hall–Kier alpha value is -1.000. The van der Waals surface area contributed by atoms with Crippen LogP contribution in [0.15, 0.2) is 0 Å². The van der Waals surface area contributed by atoms with Crippen LogP contribution >= 0.6 is 23.2 Å². The first kappa shape index (κ1) is 12.5. The molecule has 0 amide bonds. The van der Waals surface area contributed by atoms with Gasteiger partial charge in [0.2, 0.25) is 0 Å². The Balaban J connectivity index is 2.38. The third kappa shape index (κ3) is 2.07. The number of aryl methyl sites for hydroxylation is 2. The minimum Gasteiger partial charge on any atom is -0.246 e. The fourth-order valence-corrected chi connectivity index (χ4v) is 2.02. The van der Waals surface area contributed by atoms with E-state index in [9.17, 15) is 0 Å². The first-order valence-electron chi connectivity index (χ1n) is 5.30. The molecule has 17 heavy (non-hydrogen) atoms. The SMILES string of the molecule is Cc1nn(Cn2nc(C)c(Cl)c2C)c(C)c1Cl. The van der Waals surface area contributed by atoms with Gasteiger partial charge in [0.25, 0.3) is 0 Å². The minimum absolute atomic E-state index is 0.527. The van der Waals surface area contributed by atoms with Crippen LogP contribution in [0.1, 0.15) is 22.8 Å². The normalized spacial score (nSPS) is 11.2. The van der Waals surface area contributed by atoms with Gasteiger partial charge in [-0.25, -0.2) is 9.36 Å². The van der Waals surface area contributed by atoms with Crippen LogP contribution in [-0.2, 0) is 6.67 Å². The molecule has 0 fully saturated rings. The van der Waals surface area contributed by atoms with Gasteiger partial charge >= 0.3 is 0 Å². The van der Waals surface area contributed by atoms with E-state index in [1.165, 1.54) is 0 Å². The van der Waals surface area contributed by atoms with Crippen LogP contribution in [0.4, 0.5) is 0 Å². The number of halogens is 2. The van der Waals surface area contributed by atoms with Crippen LogP contribution in [-0.4, -0.2) is 19.6 Å². The third-order valence-electron chi connectivity index (χ3n) is 2.85. The molecule has 0 aliphatic carbocycles.